The molecule has 1 aromatic carbocycles. The number of rotatable bonds is 8. The molecule has 1 heterocycles. The van der Waals surface area contributed by atoms with Gasteiger partial charge in [0.2, 0.25) is 5.78 Å². The highest BCUT2D eigenvalue weighted by Crippen LogP contribution is 2.28. The van der Waals surface area contributed by atoms with Gasteiger partial charge in [0.15, 0.2) is 18.1 Å². The highest BCUT2D eigenvalue weighted by molar-refractivity contribution is 6.00. The van der Waals surface area contributed by atoms with Crippen LogP contribution in [0.15, 0.2) is 24.3 Å². The predicted octanol–water partition coefficient (Wildman–Crippen LogP) is 3.73. The third kappa shape index (κ3) is 4.90. The van der Waals surface area contributed by atoms with Gasteiger partial charge in [0.1, 0.15) is 0 Å². The second-order valence-electron chi connectivity index (χ2n) is 6.91. The maximum absolute atomic E-state index is 12.4. The van der Waals surface area contributed by atoms with E-state index in [1.165, 1.54) is 7.11 Å². The molecule has 0 aliphatic carbocycles. The van der Waals surface area contributed by atoms with Crippen molar-refractivity contribution in [2.24, 2.45) is 13.0 Å². The Labute approximate surface area is 160 Å². The number of carbonyl (C=O) groups excluding carboxylic acids is 2. The monoisotopic (exact) mass is 373 g/mol. The normalized spacial score (nSPS) is 10.8. The standard InChI is InChI=1S/C21H27NO5/c1-13(2)11-26-19-8-7-16(10-20(19)25-6)21(24)27-12-18(23)17-9-14(3)22(5)15(17)4/h7-10,13H,11-12H2,1-6H3. The summed E-state index contributed by atoms with van der Waals surface area (Å²) in [6, 6.07) is 6.63. The minimum Gasteiger partial charge on any atom is -0.493 e. The molecular weight excluding hydrogens is 346 g/mol. The first-order valence-corrected chi connectivity index (χ1v) is 8.88. The zero-order chi connectivity index (χ0) is 20.1. The Morgan fingerprint density at radius 1 is 1.11 bits per heavy atom. The third-order valence-corrected chi connectivity index (χ3v) is 4.38. The summed E-state index contributed by atoms with van der Waals surface area (Å²) in [4.78, 5) is 24.7. The van der Waals surface area contributed by atoms with Gasteiger partial charge in [-0.25, -0.2) is 4.79 Å². The van der Waals surface area contributed by atoms with Crippen LogP contribution in [0.2, 0.25) is 0 Å². The highest BCUT2D eigenvalue weighted by Gasteiger charge is 2.18. The Kier molecular flexibility index (Phi) is 6.66. The van der Waals surface area contributed by atoms with Crippen molar-refractivity contribution >= 4 is 11.8 Å². The van der Waals surface area contributed by atoms with Gasteiger partial charge in [-0.05, 0) is 44.0 Å². The molecule has 0 bridgehead atoms. The summed E-state index contributed by atoms with van der Waals surface area (Å²) in [5, 5.41) is 0. The van der Waals surface area contributed by atoms with Crippen molar-refractivity contribution < 1.29 is 23.8 Å². The number of methoxy groups -OCH3 is 1. The van der Waals surface area contributed by atoms with Gasteiger partial charge in [0, 0.05) is 24.0 Å². The van der Waals surface area contributed by atoms with Gasteiger partial charge in [0.05, 0.1) is 19.3 Å². The van der Waals surface area contributed by atoms with E-state index in [9.17, 15) is 9.59 Å². The maximum atomic E-state index is 12.4. The first kappa shape index (κ1) is 20.6. The first-order valence-electron chi connectivity index (χ1n) is 8.88. The zero-order valence-electron chi connectivity index (χ0n) is 16.8. The molecule has 2 rings (SSSR count). The molecule has 6 nitrogen and oxygen atoms in total. The fourth-order valence-corrected chi connectivity index (χ4v) is 2.60. The van der Waals surface area contributed by atoms with E-state index in [1.54, 1.807) is 24.3 Å². The summed E-state index contributed by atoms with van der Waals surface area (Å²) < 4.78 is 18.1. The Morgan fingerprint density at radius 2 is 1.81 bits per heavy atom. The molecular formula is C21H27NO5. The van der Waals surface area contributed by atoms with E-state index < -0.39 is 5.97 Å². The molecule has 0 unspecified atom stereocenters. The molecule has 2 aromatic rings. The van der Waals surface area contributed by atoms with Crippen molar-refractivity contribution in [2.75, 3.05) is 20.3 Å². The Balaban J connectivity index is 2.05. The molecule has 0 saturated carbocycles. The molecule has 146 valence electrons. The Bertz CT molecular complexity index is 835. The number of carbonyl (C=O) groups is 2. The van der Waals surface area contributed by atoms with Crippen LogP contribution >= 0.6 is 0 Å². The van der Waals surface area contributed by atoms with E-state index in [0.29, 0.717) is 35.2 Å². The van der Waals surface area contributed by atoms with Crippen LogP contribution in [0.25, 0.3) is 0 Å². The number of hydrogen-bond donors (Lipinski definition) is 0. The van der Waals surface area contributed by atoms with Gasteiger partial charge in [-0.15, -0.1) is 0 Å². The van der Waals surface area contributed by atoms with E-state index >= 15 is 0 Å². The number of benzene rings is 1. The lowest BCUT2D eigenvalue weighted by atomic mass is 10.1. The van der Waals surface area contributed by atoms with E-state index in [2.05, 4.69) is 0 Å². The predicted molar refractivity (Wildman–Crippen MR) is 103 cm³/mol. The fraction of sp³-hybridized carbons (Fsp3) is 0.429. The van der Waals surface area contributed by atoms with Crippen molar-refractivity contribution in [3.05, 3.63) is 46.8 Å². The number of hydrogen-bond acceptors (Lipinski definition) is 5. The molecule has 0 atom stereocenters. The quantitative estimate of drug-likeness (QED) is 0.521. The van der Waals surface area contributed by atoms with Gasteiger partial charge in [-0.2, -0.15) is 0 Å². The van der Waals surface area contributed by atoms with Gasteiger partial charge in [-0.1, -0.05) is 13.8 Å². The lowest BCUT2D eigenvalue weighted by molar-refractivity contribution is 0.0474. The van der Waals surface area contributed by atoms with Gasteiger partial charge >= 0.3 is 5.97 Å². The first-order chi connectivity index (χ1) is 12.7. The molecule has 27 heavy (non-hydrogen) atoms. The molecule has 0 spiro atoms. The van der Waals surface area contributed by atoms with Crippen molar-refractivity contribution in [3.8, 4) is 11.5 Å². The molecule has 0 radical (unpaired) electrons. The molecule has 0 N–H and O–H groups in total. The van der Waals surface area contributed by atoms with Crippen LogP contribution in [0.4, 0.5) is 0 Å². The minimum absolute atomic E-state index is 0.228. The van der Waals surface area contributed by atoms with Crippen molar-refractivity contribution in [1.29, 1.82) is 0 Å². The third-order valence-electron chi connectivity index (χ3n) is 4.38. The Morgan fingerprint density at radius 3 is 2.37 bits per heavy atom. The fourth-order valence-electron chi connectivity index (χ4n) is 2.60. The second-order valence-corrected chi connectivity index (χ2v) is 6.91. The summed E-state index contributed by atoms with van der Waals surface area (Å²) in [5.74, 6) is 0.575. The number of ether oxygens (including phenoxy) is 3. The van der Waals surface area contributed by atoms with Crippen molar-refractivity contribution in [1.82, 2.24) is 4.57 Å². The van der Waals surface area contributed by atoms with E-state index in [4.69, 9.17) is 14.2 Å². The Hall–Kier alpha value is -2.76. The van der Waals surface area contributed by atoms with Crippen LogP contribution in [-0.2, 0) is 11.8 Å². The molecule has 0 fully saturated rings. The topological polar surface area (TPSA) is 66.8 Å². The van der Waals surface area contributed by atoms with Crippen LogP contribution in [0.1, 0.15) is 46.0 Å². The number of ketones is 1. The van der Waals surface area contributed by atoms with Crippen molar-refractivity contribution in [3.63, 3.8) is 0 Å². The lowest BCUT2D eigenvalue weighted by Gasteiger charge is -2.13. The van der Waals surface area contributed by atoms with E-state index in [1.807, 2.05) is 39.3 Å². The zero-order valence-corrected chi connectivity index (χ0v) is 16.8. The summed E-state index contributed by atoms with van der Waals surface area (Å²) >= 11 is 0. The van der Waals surface area contributed by atoms with E-state index in [0.717, 1.165) is 11.4 Å². The number of nitrogens with zero attached hydrogens (tertiary/aromatic N) is 1. The van der Waals surface area contributed by atoms with Crippen LogP contribution in [-0.4, -0.2) is 36.6 Å². The van der Waals surface area contributed by atoms with Crippen LogP contribution < -0.4 is 9.47 Å². The average Bonchev–Trinajstić information content (AvgIpc) is 2.91. The second kappa shape index (κ2) is 8.75. The maximum Gasteiger partial charge on any atom is 0.338 e. The highest BCUT2D eigenvalue weighted by atomic mass is 16.5. The molecule has 0 aliphatic rings. The molecule has 0 saturated heterocycles. The van der Waals surface area contributed by atoms with Gasteiger partial charge < -0.3 is 18.8 Å². The lowest BCUT2D eigenvalue weighted by Crippen LogP contribution is -2.15. The van der Waals surface area contributed by atoms with Crippen molar-refractivity contribution in [2.45, 2.75) is 27.7 Å². The SMILES string of the molecule is COc1cc(C(=O)OCC(=O)c2cc(C)n(C)c2C)ccc1OCC(C)C. The molecule has 0 aliphatic heterocycles. The number of aryl methyl sites for hydroxylation is 1. The van der Waals surface area contributed by atoms with Crippen LogP contribution in [0, 0.1) is 19.8 Å². The summed E-state index contributed by atoms with van der Waals surface area (Å²) in [6.07, 6.45) is 0. The largest absolute Gasteiger partial charge is 0.493 e. The van der Waals surface area contributed by atoms with E-state index in [-0.39, 0.29) is 12.4 Å². The van der Waals surface area contributed by atoms with Gasteiger partial charge in [0.25, 0.3) is 0 Å². The molecule has 6 heteroatoms. The molecule has 1 aromatic heterocycles. The smallest absolute Gasteiger partial charge is 0.338 e. The van der Waals surface area contributed by atoms with Crippen LogP contribution in [0.5, 0.6) is 11.5 Å². The number of aromatic nitrogens is 1. The molecule has 0 amide bonds. The van der Waals surface area contributed by atoms with Crippen LogP contribution in [0.3, 0.4) is 0 Å². The minimum atomic E-state index is -0.581. The average molecular weight is 373 g/mol. The summed E-state index contributed by atoms with van der Waals surface area (Å²) in [6.45, 7) is 8.12. The van der Waals surface area contributed by atoms with Gasteiger partial charge in [-0.3, -0.25) is 4.79 Å². The summed E-state index contributed by atoms with van der Waals surface area (Å²) in [7, 11) is 3.40. The number of Topliss-reactive ketones (excluding diaryl/α,β-unsaturated/α-hetero) is 1. The number of esters is 1. The summed E-state index contributed by atoms with van der Waals surface area (Å²) in [5.41, 5.74) is 2.70.